The van der Waals surface area contributed by atoms with Gasteiger partial charge in [-0.3, -0.25) is 0 Å². The Kier molecular flexibility index (Phi) is 4.11. The van der Waals surface area contributed by atoms with Crippen molar-refractivity contribution in [2.24, 2.45) is 0 Å². The van der Waals surface area contributed by atoms with E-state index in [1.165, 1.54) is 10.4 Å². The molecule has 1 fully saturated rings. The molecule has 0 bridgehead atoms. The second-order valence-electron chi connectivity index (χ2n) is 4.37. The highest BCUT2D eigenvalue weighted by Crippen LogP contribution is 2.25. The van der Waals surface area contributed by atoms with Crippen molar-refractivity contribution in [3.8, 4) is 6.07 Å². The minimum absolute atomic E-state index is 0.169. The van der Waals surface area contributed by atoms with Crippen LogP contribution in [0.25, 0.3) is 0 Å². The summed E-state index contributed by atoms with van der Waals surface area (Å²) in [6.07, 6.45) is 0. The van der Waals surface area contributed by atoms with E-state index >= 15 is 0 Å². The molecule has 1 aromatic carbocycles. The summed E-state index contributed by atoms with van der Waals surface area (Å²) in [5, 5.41) is 12.5. The molecule has 1 aliphatic heterocycles. The third-order valence-corrected chi connectivity index (χ3v) is 5.37. The molecule has 1 aliphatic rings. The minimum atomic E-state index is -3.69. The van der Waals surface area contributed by atoms with Gasteiger partial charge in [0.1, 0.15) is 6.04 Å². The first-order valence-corrected chi connectivity index (χ1v) is 7.67. The number of halogens is 1. The Labute approximate surface area is 117 Å². The monoisotopic (exact) mass is 299 g/mol. The highest BCUT2D eigenvalue weighted by molar-refractivity contribution is 7.89. The predicted octanol–water partition coefficient (Wildman–Crippen LogP) is 1.13. The fourth-order valence-corrected chi connectivity index (χ4v) is 4.09. The lowest BCUT2D eigenvalue weighted by Crippen LogP contribution is -2.52. The van der Waals surface area contributed by atoms with E-state index in [0.717, 1.165) is 0 Å². The van der Waals surface area contributed by atoms with Crippen LogP contribution in [0.5, 0.6) is 0 Å². The van der Waals surface area contributed by atoms with E-state index in [1.807, 2.05) is 6.07 Å². The van der Waals surface area contributed by atoms with E-state index in [0.29, 0.717) is 23.7 Å². The number of nitriles is 1. The normalized spacial score (nSPS) is 21.0. The predicted molar refractivity (Wildman–Crippen MR) is 72.4 cm³/mol. The zero-order valence-corrected chi connectivity index (χ0v) is 12.0. The Balaban J connectivity index is 2.47. The molecule has 1 unspecified atom stereocenters. The second kappa shape index (κ2) is 5.47. The molecule has 1 saturated heterocycles. The zero-order chi connectivity index (χ0) is 14.0. The number of nitrogens with one attached hydrogen (secondary N) is 1. The Morgan fingerprint density at radius 1 is 1.53 bits per heavy atom. The van der Waals surface area contributed by atoms with Gasteiger partial charge >= 0.3 is 0 Å². The van der Waals surface area contributed by atoms with Gasteiger partial charge in [-0.05, 0) is 24.6 Å². The largest absolute Gasteiger partial charge is 0.313 e. The van der Waals surface area contributed by atoms with E-state index < -0.39 is 16.1 Å². The van der Waals surface area contributed by atoms with Crippen LogP contribution < -0.4 is 5.32 Å². The summed E-state index contributed by atoms with van der Waals surface area (Å²) in [5.74, 6) is 0. The van der Waals surface area contributed by atoms with Gasteiger partial charge in [-0.2, -0.15) is 9.57 Å². The summed E-state index contributed by atoms with van der Waals surface area (Å²) in [4.78, 5) is 0.169. The molecule has 1 heterocycles. The molecule has 0 aromatic heterocycles. The van der Waals surface area contributed by atoms with Crippen LogP contribution in [0.2, 0.25) is 5.02 Å². The molecule has 0 amide bonds. The Hall–Kier alpha value is -1.13. The van der Waals surface area contributed by atoms with Gasteiger partial charge in [-0.25, -0.2) is 8.42 Å². The fraction of sp³-hybridized carbons (Fsp3) is 0.417. The average Bonchev–Trinajstić information content (AvgIpc) is 2.41. The van der Waals surface area contributed by atoms with Gasteiger partial charge in [0.15, 0.2) is 0 Å². The van der Waals surface area contributed by atoms with Crippen LogP contribution in [0.15, 0.2) is 23.1 Å². The maximum atomic E-state index is 12.6. The van der Waals surface area contributed by atoms with Crippen LogP contribution >= 0.6 is 11.6 Å². The number of hydrogen-bond donors (Lipinski definition) is 1. The van der Waals surface area contributed by atoms with Crippen LogP contribution in [0.4, 0.5) is 0 Å². The molecule has 2 rings (SSSR count). The van der Waals surface area contributed by atoms with Crippen molar-refractivity contribution in [3.63, 3.8) is 0 Å². The fourth-order valence-electron chi connectivity index (χ4n) is 2.06. The standard InChI is InChI=1S/C12H14ClN3O2S/c1-9-2-3-10(13)6-12(9)19(17,18)16-5-4-15-8-11(16)7-14/h2-3,6,11,15H,4-5,8H2,1H3. The number of hydrogen-bond acceptors (Lipinski definition) is 4. The molecule has 0 saturated carbocycles. The van der Waals surface area contributed by atoms with Crippen molar-refractivity contribution in [1.29, 1.82) is 5.26 Å². The molecule has 0 radical (unpaired) electrons. The highest BCUT2D eigenvalue weighted by Gasteiger charge is 2.34. The van der Waals surface area contributed by atoms with Crippen LogP contribution in [-0.4, -0.2) is 38.4 Å². The molecule has 1 N–H and O–H groups in total. The highest BCUT2D eigenvalue weighted by atomic mass is 35.5. The molecule has 0 spiro atoms. The second-order valence-corrected chi connectivity index (χ2v) is 6.67. The quantitative estimate of drug-likeness (QED) is 0.888. The smallest absolute Gasteiger partial charge is 0.244 e. The van der Waals surface area contributed by atoms with Crippen molar-refractivity contribution in [3.05, 3.63) is 28.8 Å². The van der Waals surface area contributed by atoms with Gasteiger partial charge in [0.05, 0.1) is 11.0 Å². The summed E-state index contributed by atoms with van der Waals surface area (Å²) in [5.41, 5.74) is 0.625. The summed E-state index contributed by atoms with van der Waals surface area (Å²) < 4.78 is 26.5. The molecule has 19 heavy (non-hydrogen) atoms. The lowest BCUT2D eigenvalue weighted by Gasteiger charge is -2.31. The van der Waals surface area contributed by atoms with Crippen molar-refractivity contribution in [2.75, 3.05) is 19.6 Å². The van der Waals surface area contributed by atoms with Gasteiger partial charge < -0.3 is 5.32 Å². The topological polar surface area (TPSA) is 73.2 Å². The van der Waals surface area contributed by atoms with Crippen LogP contribution in [0, 0.1) is 18.3 Å². The SMILES string of the molecule is Cc1ccc(Cl)cc1S(=O)(=O)N1CCNCC1C#N. The van der Waals surface area contributed by atoms with Gasteiger partial charge in [0.25, 0.3) is 0 Å². The number of sulfonamides is 1. The van der Waals surface area contributed by atoms with Gasteiger partial charge in [0.2, 0.25) is 10.0 Å². The molecule has 1 aromatic rings. The maximum Gasteiger partial charge on any atom is 0.244 e. The first kappa shape index (κ1) is 14.3. The van der Waals surface area contributed by atoms with Gasteiger partial charge in [-0.15, -0.1) is 0 Å². The molecular weight excluding hydrogens is 286 g/mol. The van der Waals surface area contributed by atoms with Gasteiger partial charge in [-0.1, -0.05) is 17.7 Å². The zero-order valence-electron chi connectivity index (χ0n) is 10.4. The summed E-state index contributed by atoms with van der Waals surface area (Å²) in [6, 6.07) is 6.08. The van der Waals surface area contributed by atoms with E-state index in [4.69, 9.17) is 16.9 Å². The Bertz CT molecular complexity index is 624. The third-order valence-electron chi connectivity index (χ3n) is 3.08. The summed E-state index contributed by atoms with van der Waals surface area (Å²) >= 11 is 5.87. The first-order valence-electron chi connectivity index (χ1n) is 5.85. The van der Waals surface area contributed by atoms with Gasteiger partial charge in [0, 0.05) is 24.7 Å². The van der Waals surface area contributed by atoms with Crippen LogP contribution in [-0.2, 0) is 10.0 Å². The first-order chi connectivity index (χ1) is 8.96. The molecule has 0 aliphatic carbocycles. The minimum Gasteiger partial charge on any atom is -0.313 e. The molecule has 102 valence electrons. The van der Waals surface area contributed by atoms with Crippen LogP contribution in [0.3, 0.4) is 0 Å². The average molecular weight is 300 g/mol. The third kappa shape index (κ3) is 2.74. The molecule has 7 heteroatoms. The number of rotatable bonds is 2. The summed E-state index contributed by atoms with van der Waals surface area (Å²) in [7, 11) is -3.69. The maximum absolute atomic E-state index is 12.6. The summed E-state index contributed by atoms with van der Waals surface area (Å²) in [6.45, 7) is 2.88. The molecule has 5 nitrogen and oxygen atoms in total. The van der Waals surface area contributed by atoms with Crippen molar-refractivity contribution >= 4 is 21.6 Å². The van der Waals surface area contributed by atoms with Crippen molar-refractivity contribution in [2.45, 2.75) is 17.9 Å². The number of piperazine rings is 1. The van der Waals surface area contributed by atoms with E-state index in [9.17, 15) is 8.42 Å². The number of benzene rings is 1. The van der Waals surface area contributed by atoms with E-state index in [2.05, 4.69) is 5.32 Å². The number of aryl methyl sites for hydroxylation is 1. The van der Waals surface area contributed by atoms with Crippen molar-refractivity contribution in [1.82, 2.24) is 9.62 Å². The van der Waals surface area contributed by atoms with E-state index in [-0.39, 0.29) is 11.4 Å². The lowest BCUT2D eigenvalue weighted by atomic mass is 10.2. The number of nitrogens with zero attached hydrogens (tertiary/aromatic N) is 2. The Morgan fingerprint density at radius 2 is 2.26 bits per heavy atom. The van der Waals surface area contributed by atoms with Crippen molar-refractivity contribution < 1.29 is 8.42 Å². The van der Waals surface area contributed by atoms with Crippen LogP contribution in [0.1, 0.15) is 5.56 Å². The molecule has 1 atom stereocenters. The molecular formula is C12H14ClN3O2S. The Morgan fingerprint density at radius 3 is 2.95 bits per heavy atom. The van der Waals surface area contributed by atoms with E-state index in [1.54, 1.807) is 19.1 Å². The lowest BCUT2D eigenvalue weighted by molar-refractivity contribution is 0.311.